The lowest BCUT2D eigenvalue weighted by molar-refractivity contribution is -0.384. The van der Waals surface area contributed by atoms with E-state index in [0.717, 1.165) is 11.1 Å². The number of benzene rings is 3. The monoisotopic (exact) mass is 467 g/mol. The number of carbonyl (C=O) groups excluding carboxylic acids is 1. The lowest BCUT2D eigenvalue weighted by atomic mass is 10.1. The Labute approximate surface area is 193 Å². The molecule has 3 aromatic carbocycles. The molecular weight excluding hydrogens is 442 g/mol. The molecule has 3 aromatic rings. The van der Waals surface area contributed by atoms with Crippen molar-refractivity contribution in [3.63, 3.8) is 0 Å². The van der Waals surface area contributed by atoms with Gasteiger partial charge in [0.25, 0.3) is 11.6 Å². The molecule has 0 aliphatic heterocycles. The summed E-state index contributed by atoms with van der Waals surface area (Å²) >= 11 is 0. The van der Waals surface area contributed by atoms with Crippen LogP contribution < -0.4 is 9.62 Å². The number of nitro groups is 1. The first-order valence-electron chi connectivity index (χ1n) is 10.2. The Hall–Kier alpha value is -3.72. The molecule has 0 aromatic heterocycles. The smallest absolute Gasteiger partial charge is 0.271 e. The van der Waals surface area contributed by atoms with Gasteiger partial charge in [0.2, 0.25) is 10.0 Å². The molecule has 0 bridgehead atoms. The molecule has 0 saturated heterocycles. The molecule has 9 heteroatoms. The summed E-state index contributed by atoms with van der Waals surface area (Å²) in [4.78, 5) is 23.2. The maximum atomic E-state index is 12.7. The van der Waals surface area contributed by atoms with Crippen LogP contribution in [0.1, 0.15) is 32.6 Å². The van der Waals surface area contributed by atoms with E-state index in [2.05, 4.69) is 5.32 Å². The number of nitrogens with one attached hydrogen (secondary N) is 1. The number of hydrogen-bond acceptors (Lipinski definition) is 5. The number of nitrogens with zero attached hydrogens (tertiary/aromatic N) is 2. The van der Waals surface area contributed by atoms with Crippen molar-refractivity contribution < 1.29 is 18.1 Å². The average molecular weight is 468 g/mol. The fourth-order valence-corrected chi connectivity index (χ4v) is 4.54. The molecule has 0 atom stereocenters. The second kappa shape index (κ2) is 9.41. The summed E-state index contributed by atoms with van der Waals surface area (Å²) in [5.41, 5.74) is 4.35. The van der Waals surface area contributed by atoms with Gasteiger partial charge in [0.15, 0.2) is 0 Å². The van der Waals surface area contributed by atoms with Crippen molar-refractivity contribution in [3.05, 3.63) is 98.6 Å². The van der Waals surface area contributed by atoms with E-state index >= 15 is 0 Å². The average Bonchev–Trinajstić information content (AvgIpc) is 2.74. The first-order chi connectivity index (χ1) is 15.5. The van der Waals surface area contributed by atoms with Crippen LogP contribution in [0.5, 0.6) is 0 Å². The summed E-state index contributed by atoms with van der Waals surface area (Å²) in [6.45, 7) is 5.60. The molecular formula is C24H25N3O5S. The van der Waals surface area contributed by atoms with Gasteiger partial charge < -0.3 is 5.32 Å². The summed E-state index contributed by atoms with van der Waals surface area (Å²) in [5.74, 6) is -0.417. The maximum Gasteiger partial charge on any atom is 0.271 e. The van der Waals surface area contributed by atoms with Gasteiger partial charge in [0.1, 0.15) is 0 Å². The molecule has 1 N–H and O–H groups in total. The Bertz CT molecular complexity index is 1300. The van der Waals surface area contributed by atoms with Gasteiger partial charge in [-0.25, -0.2) is 8.42 Å². The van der Waals surface area contributed by atoms with Crippen molar-refractivity contribution in [3.8, 4) is 0 Å². The summed E-state index contributed by atoms with van der Waals surface area (Å²) < 4.78 is 26.4. The first kappa shape index (κ1) is 23.9. The Balaban J connectivity index is 1.83. The second-order valence-electron chi connectivity index (χ2n) is 7.92. The summed E-state index contributed by atoms with van der Waals surface area (Å²) in [6.07, 6.45) is 1.17. The number of anilines is 2. The van der Waals surface area contributed by atoms with Gasteiger partial charge in [-0.1, -0.05) is 36.4 Å². The molecule has 33 heavy (non-hydrogen) atoms. The molecule has 0 saturated carbocycles. The third kappa shape index (κ3) is 5.56. The Morgan fingerprint density at radius 1 is 0.970 bits per heavy atom. The van der Waals surface area contributed by atoms with Gasteiger partial charge in [-0.05, 0) is 55.2 Å². The molecule has 8 nitrogen and oxygen atoms in total. The topological polar surface area (TPSA) is 110 Å². The van der Waals surface area contributed by atoms with Gasteiger partial charge in [-0.3, -0.25) is 19.2 Å². The SMILES string of the molecule is Cc1ccc([N+](=O)[O-])cc1NC(=O)c1ccc(CN(c2c(C)cccc2C)S(C)(=O)=O)cc1. The molecule has 0 heterocycles. The van der Waals surface area contributed by atoms with Crippen LogP contribution in [0.3, 0.4) is 0 Å². The number of aryl methyl sites for hydroxylation is 3. The molecule has 0 radical (unpaired) electrons. The Kier molecular flexibility index (Phi) is 6.83. The van der Waals surface area contributed by atoms with E-state index in [4.69, 9.17) is 0 Å². The van der Waals surface area contributed by atoms with Crippen molar-refractivity contribution in [2.75, 3.05) is 15.9 Å². The van der Waals surface area contributed by atoms with Gasteiger partial charge in [0, 0.05) is 17.7 Å². The fraction of sp³-hybridized carbons (Fsp3) is 0.208. The van der Waals surface area contributed by atoms with Crippen molar-refractivity contribution in [1.82, 2.24) is 0 Å². The zero-order chi connectivity index (χ0) is 24.3. The van der Waals surface area contributed by atoms with Crippen LogP contribution in [0.4, 0.5) is 17.1 Å². The molecule has 0 unspecified atom stereocenters. The van der Waals surface area contributed by atoms with E-state index in [1.807, 2.05) is 32.0 Å². The molecule has 0 aliphatic rings. The number of rotatable bonds is 7. The third-order valence-corrected chi connectivity index (χ3v) is 6.42. The number of sulfonamides is 1. The van der Waals surface area contributed by atoms with E-state index in [1.165, 1.54) is 22.7 Å². The number of hydrogen-bond donors (Lipinski definition) is 1. The number of para-hydroxylation sites is 1. The van der Waals surface area contributed by atoms with Crippen LogP contribution in [-0.2, 0) is 16.6 Å². The van der Waals surface area contributed by atoms with Gasteiger partial charge in [-0.2, -0.15) is 0 Å². The van der Waals surface area contributed by atoms with E-state index < -0.39 is 20.9 Å². The van der Waals surface area contributed by atoms with E-state index in [0.29, 0.717) is 28.1 Å². The van der Waals surface area contributed by atoms with Gasteiger partial charge in [-0.15, -0.1) is 0 Å². The van der Waals surface area contributed by atoms with E-state index in [1.54, 1.807) is 37.3 Å². The predicted molar refractivity (Wildman–Crippen MR) is 129 cm³/mol. The zero-order valence-electron chi connectivity index (χ0n) is 18.8. The Morgan fingerprint density at radius 3 is 2.12 bits per heavy atom. The zero-order valence-corrected chi connectivity index (χ0v) is 19.6. The second-order valence-corrected chi connectivity index (χ2v) is 9.82. The number of nitro benzene ring substituents is 1. The minimum absolute atomic E-state index is 0.112. The molecule has 0 fully saturated rings. The van der Waals surface area contributed by atoms with Crippen LogP contribution >= 0.6 is 0 Å². The standard InChI is InChI=1S/C24H25N3O5S/c1-16-8-13-21(27(29)30)14-22(16)25-24(28)20-11-9-19(10-12-20)15-26(33(4,31)32)23-17(2)6-5-7-18(23)3/h5-14H,15H2,1-4H3,(H,25,28). The third-order valence-electron chi connectivity index (χ3n) is 5.31. The first-order valence-corrected chi connectivity index (χ1v) is 12.0. The fourth-order valence-electron chi connectivity index (χ4n) is 3.54. The number of amides is 1. The highest BCUT2D eigenvalue weighted by Gasteiger charge is 2.21. The summed E-state index contributed by atoms with van der Waals surface area (Å²) in [6, 6.07) is 16.5. The number of non-ortho nitro benzene ring substituents is 1. The minimum atomic E-state index is -3.55. The predicted octanol–water partition coefficient (Wildman–Crippen LogP) is 4.74. The quantitative estimate of drug-likeness (QED) is 0.399. The summed E-state index contributed by atoms with van der Waals surface area (Å²) in [7, 11) is -3.55. The van der Waals surface area contributed by atoms with Crippen LogP contribution in [-0.4, -0.2) is 25.5 Å². The molecule has 0 aliphatic carbocycles. The van der Waals surface area contributed by atoms with Crippen LogP contribution in [0.25, 0.3) is 0 Å². The highest BCUT2D eigenvalue weighted by Crippen LogP contribution is 2.28. The van der Waals surface area contributed by atoms with Crippen molar-refractivity contribution in [2.45, 2.75) is 27.3 Å². The molecule has 0 spiro atoms. The highest BCUT2D eigenvalue weighted by molar-refractivity contribution is 7.92. The normalized spacial score (nSPS) is 11.2. The van der Waals surface area contributed by atoms with Crippen LogP contribution in [0.2, 0.25) is 0 Å². The van der Waals surface area contributed by atoms with Crippen molar-refractivity contribution >= 4 is 33.0 Å². The van der Waals surface area contributed by atoms with Crippen molar-refractivity contribution in [2.24, 2.45) is 0 Å². The Morgan fingerprint density at radius 2 is 1.58 bits per heavy atom. The van der Waals surface area contributed by atoms with Gasteiger partial charge in [0.05, 0.1) is 29.1 Å². The molecule has 172 valence electrons. The number of carbonyl (C=O) groups is 1. The lowest BCUT2D eigenvalue weighted by Gasteiger charge is -2.26. The lowest BCUT2D eigenvalue weighted by Crippen LogP contribution is -2.30. The van der Waals surface area contributed by atoms with Crippen LogP contribution in [0.15, 0.2) is 60.7 Å². The van der Waals surface area contributed by atoms with E-state index in [9.17, 15) is 23.3 Å². The molecule has 3 rings (SSSR count). The largest absolute Gasteiger partial charge is 0.321 e. The maximum absolute atomic E-state index is 12.7. The minimum Gasteiger partial charge on any atom is -0.321 e. The summed E-state index contributed by atoms with van der Waals surface area (Å²) in [5, 5.41) is 13.7. The van der Waals surface area contributed by atoms with Crippen LogP contribution in [0, 0.1) is 30.9 Å². The molecule has 1 amide bonds. The van der Waals surface area contributed by atoms with Gasteiger partial charge >= 0.3 is 0 Å². The van der Waals surface area contributed by atoms with Crippen molar-refractivity contribution in [1.29, 1.82) is 0 Å². The van der Waals surface area contributed by atoms with E-state index in [-0.39, 0.29) is 12.2 Å². The highest BCUT2D eigenvalue weighted by atomic mass is 32.2.